The number of aromatic nitrogens is 1. The zero-order valence-electron chi connectivity index (χ0n) is 13.7. The molecule has 4 heteroatoms. The van der Waals surface area contributed by atoms with Crippen molar-refractivity contribution in [2.24, 2.45) is 11.8 Å². The van der Waals surface area contributed by atoms with Gasteiger partial charge in [-0.05, 0) is 36.8 Å². The molecular formula is C18H27N3O. The van der Waals surface area contributed by atoms with Crippen molar-refractivity contribution in [1.29, 1.82) is 0 Å². The summed E-state index contributed by atoms with van der Waals surface area (Å²) in [5.41, 5.74) is 1.09. The molecule has 1 atom stereocenters. The fourth-order valence-corrected chi connectivity index (χ4v) is 3.29. The van der Waals surface area contributed by atoms with Gasteiger partial charge in [0.2, 0.25) is 5.91 Å². The van der Waals surface area contributed by atoms with Crippen molar-refractivity contribution >= 4 is 5.91 Å². The molecule has 3 rings (SSSR count). The standard InChI is InChI=1S/C18H27N3O/c1-14(2)17-13-20(12-16-5-3-4-9-19-16)10-8-18(22)21(17)11-15-6-7-15/h3-5,9,14-15,17H,6-8,10-13H2,1-2H3. The summed E-state index contributed by atoms with van der Waals surface area (Å²) < 4.78 is 0. The minimum Gasteiger partial charge on any atom is -0.338 e. The van der Waals surface area contributed by atoms with E-state index in [9.17, 15) is 4.79 Å². The van der Waals surface area contributed by atoms with Crippen LogP contribution in [0.15, 0.2) is 24.4 Å². The molecule has 2 fully saturated rings. The Kier molecular flexibility index (Phi) is 4.77. The molecule has 0 aromatic carbocycles. The van der Waals surface area contributed by atoms with Gasteiger partial charge in [-0.25, -0.2) is 0 Å². The molecule has 0 radical (unpaired) electrons. The maximum Gasteiger partial charge on any atom is 0.224 e. The summed E-state index contributed by atoms with van der Waals surface area (Å²) in [6.45, 7) is 8.10. The highest BCUT2D eigenvalue weighted by Gasteiger charge is 2.35. The van der Waals surface area contributed by atoms with Gasteiger partial charge in [-0.15, -0.1) is 0 Å². The van der Waals surface area contributed by atoms with Crippen LogP contribution in [0.4, 0.5) is 0 Å². The van der Waals surface area contributed by atoms with Crippen LogP contribution < -0.4 is 0 Å². The summed E-state index contributed by atoms with van der Waals surface area (Å²) in [5, 5.41) is 0. The summed E-state index contributed by atoms with van der Waals surface area (Å²) in [6, 6.07) is 6.38. The summed E-state index contributed by atoms with van der Waals surface area (Å²) in [4.78, 5) is 21.6. The fraction of sp³-hybridized carbons (Fsp3) is 0.667. The van der Waals surface area contributed by atoms with Crippen LogP contribution >= 0.6 is 0 Å². The maximum absolute atomic E-state index is 12.6. The van der Waals surface area contributed by atoms with Gasteiger partial charge in [0.15, 0.2) is 0 Å². The van der Waals surface area contributed by atoms with Gasteiger partial charge >= 0.3 is 0 Å². The molecule has 1 aliphatic heterocycles. The number of pyridine rings is 1. The van der Waals surface area contributed by atoms with Gasteiger partial charge in [0, 0.05) is 44.8 Å². The Hall–Kier alpha value is -1.42. The third kappa shape index (κ3) is 3.86. The Morgan fingerprint density at radius 1 is 1.32 bits per heavy atom. The third-order valence-electron chi connectivity index (χ3n) is 4.84. The Bertz CT molecular complexity index is 498. The largest absolute Gasteiger partial charge is 0.338 e. The van der Waals surface area contributed by atoms with Crippen molar-refractivity contribution in [3.05, 3.63) is 30.1 Å². The zero-order chi connectivity index (χ0) is 15.5. The predicted molar refractivity (Wildman–Crippen MR) is 87.2 cm³/mol. The van der Waals surface area contributed by atoms with Crippen LogP contribution in [-0.4, -0.2) is 46.4 Å². The minimum atomic E-state index is 0.333. The lowest BCUT2D eigenvalue weighted by Gasteiger charge is -2.34. The molecule has 2 heterocycles. The molecule has 0 bridgehead atoms. The normalized spacial score (nSPS) is 23.9. The first kappa shape index (κ1) is 15.5. The fourth-order valence-electron chi connectivity index (χ4n) is 3.29. The number of hydrogen-bond acceptors (Lipinski definition) is 3. The molecule has 4 nitrogen and oxygen atoms in total. The van der Waals surface area contributed by atoms with E-state index in [4.69, 9.17) is 0 Å². The summed E-state index contributed by atoms with van der Waals surface area (Å²) >= 11 is 0. The Morgan fingerprint density at radius 3 is 2.77 bits per heavy atom. The summed E-state index contributed by atoms with van der Waals surface area (Å²) in [6.07, 6.45) is 5.08. The van der Waals surface area contributed by atoms with E-state index in [0.29, 0.717) is 24.3 Å². The zero-order valence-corrected chi connectivity index (χ0v) is 13.7. The van der Waals surface area contributed by atoms with Gasteiger partial charge in [-0.1, -0.05) is 19.9 Å². The van der Waals surface area contributed by atoms with Crippen molar-refractivity contribution in [3.8, 4) is 0 Å². The smallest absolute Gasteiger partial charge is 0.224 e. The average Bonchev–Trinajstić information content (AvgIpc) is 3.33. The molecule has 1 saturated heterocycles. The lowest BCUT2D eigenvalue weighted by molar-refractivity contribution is -0.133. The summed E-state index contributed by atoms with van der Waals surface area (Å²) in [7, 11) is 0. The highest BCUT2D eigenvalue weighted by atomic mass is 16.2. The number of carbonyl (C=O) groups excluding carboxylic acids is 1. The van der Waals surface area contributed by atoms with E-state index in [0.717, 1.165) is 37.8 Å². The number of carbonyl (C=O) groups is 1. The molecule has 0 N–H and O–H groups in total. The third-order valence-corrected chi connectivity index (χ3v) is 4.84. The predicted octanol–water partition coefficient (Wildman–Crippen LogP) is 2.55. The molecule has 2 aliphatic rings. The van der Waals surface area contributed by atoms with E-state index in [-0.39, 0.29) is 0 Å². The second kappa shape index (κ2) is 6.78. The summed E-state index contributed by atoms with van der Waals surface area (Å²) in [5.74, 6) is 1.59. The highest BCUT2D eigenvalue weighted by Crippen LogP contribution is 2.32. The van der Waals surface area contributed by atoms with Crippen molar-refractivity contribution < 1.29 is 4.79 Å². The number of hydrogen-bond donors (Lipinski definition) is 0. The van der Waals surface area contributed by atoms with Crippen LogP contribution in [-0.2, 0) is 11.3 Å². The maximum atomic E-state index is 12.6. The van der Waals surface area contributed by atoms with E-state index in [1.54, 1.807) is 0 Å². The van der Waals surface area contributed by atoms with Crippen LogP contribution in [0.25, 0.3) is 0 Å². The Morgan fingerprint density at radius 2 is 2.14 bits per heavy atom. The quantitative estimate of drug-likeness (QED) is 0.838. The van der Waals surface area contributed by atoms with Crippen molar-refractivity contribution in [1.82, 2.24) is 14.8 Å². The first-order chi connectivity index (χ1) is 10.6. The second-order valence-corrected chi connectivity index (χ2v) is 7.11. The SMILES string of the molecule is CC(C)C1CN(Cc2ccccn2)CCC(=O)N1CC1CC1. The van der Waals surface area contributed by atoms with E-state index in [1.807, 2.05) is 18.3 Å². The Balaban J connectivity index is 1.70. The first-order valence-electron chi connectivity index (χ1n) is 8.55. The van der Waals surface area contributed by atoms with E-state index in [1.165, 1.54) is 12.8 Å². The Labute approximate surface area is 133 Å². The van der Waals surface area contributed by atoms with Crippen molar-refractivity contribution in [2.75, 3.05) is 19.6 Å². The molecule has 1 unspecified atom stereocenters. The van der Waals surface area contributed by atoms with Crippen molar-refractivity contribution in [3.63, 3.8) is 0 Å². The molecular weight excluding hydrogens is 274 g/mol. The molecule has 0 spiro atoms. The van der Waals surface area contributed by atoms with Gasteiger partial charge in [0.05, 0.1) is 5.69 Å². The molecule has 22 heavy (non-hydrogen) atoms. The van der Waals surface area contributed by atoms with Gasteiger partial charge in [0.25, 0.3) is 0 Å². The molecule has 1 amide bonds. The van der Waals surface area contributed by atoms with Crippen LogP contribution in [0.5, 0.6) is 0 Å². The van der Waals surface area contributed by atoms with Gasteiger partial charge in [-0.3, -0.25) is 14.7 Å². The lowest BCUT2D eigenvalue weighted by Crippen LogP contribution is -2.47. The van der Waals surface area contributed by atoms with E-state index >= 15 is 0 Å². The number of amides is 1. The average molecular weight is 301 g/mol. The molecule has 1 aliphatic carbocycles. The molecule has 1 aromatic rings. The lowest BCUT2D eigenvalue weighted by atomic mass is 10.0. The number of nitrogens with zero attached hydrogens (tertiary/aromatic N) is 3. The first-order valence-corrected chi connectivity index (χ1v) is 8.55. The van der Waals surface area contributed by atoms with Crippen LogP contribution in [0.3, 0.4) is 0 Å². The highest BCUT2D eigenvalue weighted by molar-refractivity contribution is 5.77. The van der Waals surface area contributed by atoms with Crippen LogP contribution in [0.2, 0.25) is 0 Å². The van der Waals surface area contributed by atoms with Gasteiger partial charge < -0.3 is 4.90 Å². The molecule has 120 valence electrons. The van der Waals surface area contributed by atoms with Gasteiger partial charge in [0.1, 0.15) is 0 Å². The molecule has 1 saturated carbocycles. The molecule has 1 aromatic heterocycles. The van der Waals surface area contributed by atoms with E-state index < -0.39 is 0 Å². The second-order valence-electron chi connectivity index (χ2n) is 7.11. The van der Waals surface area contributed by atoms with Crippen molar-refractivity contribution in [2.45, 2.75) is 45.7 Å². The number of rotatable bonds is 5. The topological polar surface area (TPSA) is 36.4 Å². The van der Waals surface area contributed by atoms with Crippen LogP contribution in [0, 0.1) is 11.8 Å². The van der Waals surface area contributed by atoms with E-state index in [2.05, 4.69) is 34.7 Å². The minimum absolute atomic E-state index is 0.333. The van der Waals surface area contributed by atoms with Crippen LogP contribution in [0.1, 0.15) is 38.8 Å². The monoisotopic (exact) mass is 301 g/mol. The van der Waals surface area contributed by atoms with Gasteiger partial charge in [-0.2, -0.15) is 0 Å².